The first-order chi connectivity index (χ1) is 12.6. The maximum atomic E-state index is 13.6. The Balaban J connectivity index is 1.53. The van der Waals surface area contributed by atoms with Crippen LogP contribution in [0.2, 0.25) is 0 Å². The number of carbonyl (C=O) groups is 1. The number of ether oxygens (including phenoxy) is 1. The van der Waals surface area contributed by atoms with Gasteiger partial charge in [-0.2, -0.15) is 0 Å². The van der Waals surface area contributed by atoms with Crippen LogP contribution in [0.25, 0.3) is 0 Å². The number of hydrogen-bond acceptors (Lipinski definition) is 6. The predicted octanol–water partition coefficient (Wildman–Crippen LogP) is 4.38. The number of amides is 1. The first-order valence-electron chi connectivity index (χ1n) is 7.84. The van der Waals surface area contributed by atoms with Gasteiger partial charge in [-0.15, -0.1) is 10.2 Å². The Labute approximate surface area is 158 Å². The van der Waals surface area contributed by atoms with Crippen LogP contribution >= 0.6 is 23.1 Å². The van der Waals surface area contributed by atoms with Gasteiger partial charge in [-0.25, -0.2) is 4.39 Å². The largest absolute Gasteiger partial charge is 0.478 e. The first-order valence-corrected chi connectivity index (χ1v) is 9.64. The molecule has 0 spiro atoms. The monoisotopic (exact) mass is 389 g/mol. The predicted molar refractivity (Wildman–Crippen MR) is 101 cm³/mol. The summed E-state index contributed by atoms with van der Waals surface area (Å²) in [5.41, 5.74) is 1.19. The second-order valence-corrected chi connectivity index (χ2v) is 7.53. The highest BCUT2D eigenvalue weighted by molar-refractivity contribution is 8.00. The van der Waals surface area contributed by atoms with E-state index in [2.05, 4.69) is 15.5 Å². The Kier molecular flexibility index (Phi) is 6.19. The summed E-state index contributed by atoms with van der Waals surface area (Å²) in [6.45, 7) is 1.55. The van der Waals surface area contributed by atoms with Gasteiger partial charge in [0.15, 0.2) is 22.0 Å². The summed E-state index contributed by atoms with van der Waals surface area (Å²) in [6.07, 6.45) is -0.865. The Morgan fingerprint density at radius 3 is 2.69 bits per heavy atom. The molecule has 0 saturated heterocycles. The van der Waals surface area contributed by atoms with Crippen LogP contribution in [0, 0.1) is 5.82 Å². The van der Waals surface area contributed by atoms with Crippen molar-refractivity contribution in [2.24, 2.45) is 0 Å². The van der Waals surface area contributed by atoms with Crippen molar-refractivity contribution < 1.29 is 13.9 Å². The average molecular weight is 389 g/mol. The molecule has 2 aromatic carbocycles. The molecule has 8 heteroatoms. The number of anilines is 1. The van der Waals surface area contributed by atoms with Crippen LogP contribution in [-0.2, 0) is 10.5 Å². The molecule has 1 unspecified atom stereocenters. The number of nitrogens with zero attached hydrogens (tertiary/aromatic N) is 2. The van der Waals surface area contributed by atoms with Gasteiger partial charge in [0.05, 0.1) is 0 Å². The highest BCUT2D eigenvalue weighted by Gasteiger charge is 2.18. The summed E-state index contributed by atoms with van der Waals surface area (Å²) in [5, 5.41) is 11.0. The highest BCUT2D eigenvalue weighted by atomic mass is 32.2. The first kappa shape index (κ1) is 18.3. The molecule has 1 N–H and O–H groups in total. The number of hydrogen-bond donors (Lipinski definition) is 1. The molecule has 134 valence electrons. The number of benzene rings is 2. The maximum Gasteiger partial charge on any atom is 0.266 e. The van der Waals surface area contributed by atoms with Crippen molar-refractivity contribution in [3.8, 4) is 5.75 Å². The lowest BCUT2D eigenvalue weighted by Crippen LogP contribution is -2.30. The zero-order valence-electron chi connectivity index (χ0n) is 13.9. The molecule has 0 aliphatic rings. The highest BCUT2D eigenvalue weighted by Crippen LogP contribution is 2.28. The van der Waals surface area contributed by atoms with E-state index in [-0.39, 0.29) is 5.75 Å². The van der Waals surface area contributed by atoms with E-state index in [0.717, 1.165) is 10.1 Å². The Morgan fingerprint density at radius 1 is 1.19 bits per heavy atom. The van der Waals surface area contributed by atoms with Crippen molar-refractivity contribution in [3.05, 3.63) is 66.0 Å². The Morgan fingerprint density at radius 2 is 1.92 bits per heavy atom. The average Bonchev–Trinajstić information content (AvgIpc) is 3.10. The van der Waals surface area contributed by atoms with Crippen LogP contribution in [0.5, 0.6) is 5.75 Å². The number of nitrogens with one attached hydrogen (secondary N) is 1. The lowest BCUT2D eigenvalue weighted by Gasteiger charge is -2.13. The van der Waals surface area contributed by atoms with Crippen molar-refractivity contribution in [1.82, 2.24) is 10.2 Å². The minimum atomic E-state index is -0.865. The standard InChI is InChI=1S/C18H16FN3O2S2/c1-12(24-15-10-6-5-9-14(15)19)16(23)20-17-21-22-18(26-17)25-11-13-7-3-2-4-8-13/h2-10,12H,11H2,1H3,(H,20,21,23). The van der Waals surface area contributed by atoms with Crippen molar-refractivity contribution >= 4 is 34.1 Å². The van der Waals surface area contributed by atoms with E-state index in [1.54, 1.807) is 30.8 Å². The van der Waals surface area contributed by atoms with Gasteiger partial charge in [-0.3, -0.25) is 10.1 Å². The molecular weight excluding hydrogens is 373 g/mol. The summed E-state index contributed by atoms with van der Waals surface area (Å²) >= 11 is 2.83. The quantitative estimate of drug-likeness (QED) is 0.480. The number of carbonyl (C=O) groups excluding carboxylic acids is 1. The van der Waals surface area contributed by atoms with Crippen molar-refractivity contribution in [1.29, 1.82) is 0 Å². The second-order valence-electron chi connectivity index (χ2n) is 5.33. The molecule has 1 amide bonds. The zero-order valence-corrected chi connectivity index (χ0v) is 15.5. The third-order valence-electron chi connectivity index (χ3n) is 3.35. The van der Waals surface area contributed by atoms with Gasteiger partial charge < -0.3 is 4.74 Å². The lowest BCUT2D eigenvalue weighted by molar-refractivity contribution is -0.122. The van der Waals surface area contributed by atoms with Crippen LogP contribution < -0.4 is 10.1 Å². The molecule has 0 aliphatic heterocycles. The number of para-hydroxylation sites is 1. The lowest BCUT2D eigenvalue weighted by atomic mass is 10.2. The number of thioether (sulfide) groups is 1. The van der Waals surface area contributed by atoms with E-state index in [1.165, 1.54) is 29.0 Å². The molecule has 3 rings (SSSR count). The Bertz CT molecular complexity index is 874. The summed E-state index contributed by atoms with van der Waals surface area (Å²) in [5.74, 6) is -0.117. The van der Waals surface area contributed by atoms with Gasteiger partial charge in [0.1, 0.15) is 0 Å². The smallest absolute Gasteiger partial charge is 0.266 e. The van der Waals surface area contributed by atoms with Gasteiger partial charge in [-0.1, -0.05) is 65.6 Å². The van der Waals surface area contributed by atoms with Gasteiger partial charge in [0, 0.05) is 5.75 Å². The SMILES string of the molecule is CC(Oc1ccccc1F)C(=O)Nc1nnc(SCc2ccccc2)s1. The zero-order chi connectivity index (χ0) is 18.4. The van der Waals surface area contributed by atoms with Crippen molar-refractivity contribution in [3.63, 3.8) is 0 Å². The molecule has 0 saturated carbocycles. The minimum Gasteiger partial charge on any atom is -0.478 e. The topological polar surface area (TPSA) is 64.1 Å². The molecule has 26 heavy (non-hydrogen) atoms. The second kappa shape index (κ2) is 8.77. The van der Waals surface area contributed by atoms with Gasteiger partial charge >= 0.3 is 0 Å². The number of rotatable bonds is 7. The van der Waals surface area contributed by atoms with Crippen molar-refractivity contribution in [2.45, 2.75) is 23.1 Å². The van der Waals surface area contributed by atoms with Crippen LogP contribution in [0.4, 0.5) is 9.52 Å². The number of halogens is 1. The summed E-state index contributed by atoms with van der Waals surface area (Å²) in [7, 11) is 0. The fourth-order valence-electron chi connectivity index (χ4n) is 2.03. The molecule has 3 aromatic rings. The molecule has 0 radical (unpaired) electrons. The molecule has 1 heterocycles. The van der Waals surface area contributed by atoms with Crippen LogP contribution in [0.1, 0.15) is 12.5 Å². The van der Waals surface area contributed by atoms with E-state index in [9.17, 15) is 9.18 Å². The maximum absolute atomic E-state index is 13.6. The van der Waals surface area contributed by atoms with Crippen molar-refractivity contribution in [2.75, 3.05) is 5.32 Å². The van der Waals surface area contributed by atoms with Gasteiger partial charge in [-0.05, 0) is 24.6 Å². The summed E-state index contributed by atoms with van der Waals surface area (Å²) < 4.78 is 19.7. The Hall–Kier alpha value is -2.45. The van der Waals surface area contributed by atoms with E-state index >= 15 is 0 Å². The van der Waals surface area contributed by atoms with Crippen LogP contribution in [-0.4, -0.2) is 22.2 Å². The van der Waals surface area contributed by atoms with Gasteiger partial charge in [0.2, 0.25) is 5.13 Å². The normalized spacial score (nSPS) is 11.8. The van der Waals surface area contributed by atoms with Gasteiger partial charge in [0.25, 0.3) is 5.91 Å². The summed E-state index contributed by atoms with van der Waals surface area (Å²) in [6, 6.07) is 16.0. The molecular formula is C18H16FN3O2S2. The molecule has 1 aromatic heterocycles. The molecule has 0 fully saturated rings. The third kappa shape index (κ3) is 5.03. The van der Waals surface area contributed by atoms with E-state index in [0.29, 0.717) is 5.13 Å². The molecule has 1 atom stereocenters. The van der Waals surface area contributed by atoms with E-state index in [1.807, 2.05) is 30.3 Å². The van der Waals surface area contributed by atoms with Crippen LogP contribution in [0.3, 0.4) is 0 Å². The summed E-state index contributed by atoms with van der Waals surface area (Å²) in [4.78, 5) is 12.2. The molecule has 0 bridgehead atoms. The fraction of sp³-hybridized carbons (Fsp3) is 0.167. The number of aromatic nitrogens is 2. The van der Waals surface area contributed by atoms with E-state index < -0.39 is 17.8 Å². The third-order valence-corrected chi connectivity index (χ3v) is 5.39. The fourth-order valence-corrected chi connectivity index (χ4v) is 3.74. The van der Waals surface area contributed by atoms with E-state index in [4.69, 9.17) is 4.74 Å². The molecule has 0 aliphatic carbocycles. The van der Waals surface area contributed by atoms with Crippen LogP contribution in [0.15, 0.2) is 58.9 Å². The minimum absolute atomic E-state index is 0.0338. The molecule has 5 nitrogen and oxygen atoms in total.